The monoisotopic (exact) mass is 321 g/mol. The van der Waals surface area contributed by atoms with Crippen LogP contribution in [0.3, 0.4) is 0 Å². The van der Waals surface area contributed by atoms with E-state index in [0.717, 1.165) is 11.3 Å². The summed E-state index contributed by atoms with van der Waals surface area (Å²) in [6, 6.07) is 1.29. The Morgan fingerprint density at radius 1 is 1.65 bits per heavy atom. The summed E-state index contributed by atoms with van der Waals surface area (Å²) >= 11 is 1.10. The molecule has 1 aromatic heterocycles. The maximum Gasteiger partial charge on any atom is 0.283 e. The van der Waals surface area contributed by atoms with Crippen molar-refractivity contribution in [2.45, 2.75) is 13.0 Å². The Morgan fingerprint density at radius 2 is 2.35 bits per heavy atom. The standard InChI is InChI=1S/C11H15N3O4S.ClH/c1-6-8(14(17)18)2-10(19-6)11(16)13-4-7-3-12-5-9(7)15;/h2,7,9,12,15H,3-5H2,1H3,(H,13,16);1H. The van der Waals surface area contributed by atoms with Crippen LogP contribution in [0.15, 0.2) is 6.07 Å². The van der Waals surface area contributed by atoms with Crippen LogP contribution in [0, 0.1) is 23.0 Å². The van der Waals surface area contributed by atoms with Crippen molar-refractivity contribution in [3.05, 3.63) is 25.9 Å². The molecule has 0 aromatic carbocycles. The minimum absolute atomic E-state index is 0. The molecule has 1 aromatic rings. The van der Waals surface area contributed by atoms with Gasteiger partial charge in [0.1, 0.15) is 0 Å². The molecule has 2 unspecified atom stereocenters. The Morgan fingerprint density at radius 3 is 2.85 bits per heavy atom. The fourth-order valence-electron chi connectivity index (χ4n) is 2.00. The number of carbonyl (C=O) groups is 1. The van der Waals surface area contributed by atoms with Crippen LogP contribution in [0.2, 0.25) is 0 Å². The smallest absolute Gasteiger partial charge is 0.283 e. The van der Waals surface area contributed by atoms with Crippen molar-refractivity contribution in [3.8, 4) is 0 Å². The van der Waals surface area contributed by atoms with E-state index in [1.165, 1.54) is 6.07 Å². The maximum absolute atomic E-state index is 11.9. The molecule has 1 amide bonds. The molecule has 7 nitrogen and oxygen atoms in total. The molecule has 3 N–H and O–H groups in total. The lowest BCUT2D eigenvalue weighted by atomic mass is 10.1. The van der Waals surface area contributed by atoms with Gasteiger partial charge < -0.3 is 15.7 Å². The van der Waals surface area contributed by atoms with Gasteiger partial charge in [0.05, 0.1) is 20.8 Å². The third-order valence-electron chi connectivity index (χ3n) is 3.14. The fourth-order valence-corrected chi connectivity index (χ4v) is 2.91. The maximum atomic E-state index is 11.9. The Balaban J connectivity index is 0.00000200. The van der Waals surface area contributed by atoms with Gasteiger partial charge >= 0.3 is 0 Å². The number of thiophene rings is 1. The van der Waals surface area contributed by atoms with E-state index >= 15 is 0 Å². The number of nitro groups is 1. The third kappa shape index (κ3) is 3.66. The summed E-state index contributed by atoms with van der Waals surface area (Å²) in [4.78, 5) is 22.9. The summed E-state index contributed by atoms with van der Waals surface area (Å²) in [6.45, 7) is 3.16. The predicted molar refractivity (Wildman–Crippen MR) is 77.7 cm³/mol. The Kier molecular flexibility index (Phi) is 5.88. The number of aryl methyl sites for hydroxylation is 1. The van der Waals surface area contributed by atoms with Crippen molar-refractivity contribution in [1.29, 1.82) is 0 Å². The number of hydrogen-bond donors (Lipinski definition) is 3. The van der Waals surface area contributed by atoms with Crippen molar-refractivity contribution < 1.29 is 14.8 Å². The van der Waals surface area contributed by atoms with Crippen LogP contribution in [0.4, 0.5) is 5.69 Å². The summed E-state index contributed by atoms with van der Waals surface area (Å²) in [6.07, 6.45) is -0.459. The van der Waals surface area contributed by atoms with Gasteiger partial charge in [-0.2, -0.15) is 0 Å². The molecule has 1 fully saturated rings. The molecule has 0 spiro atoms. The molecular formula is C11H16ClN3O4S. The lowest BCUT2D eigenvalue weighted by Gasteiger charge is -2.13. The van der Waals surface area contributed by atoms with Gasteiger partial charge in [-0.25, -0.2) is 0 Å². The van der Waals surface area contributed by atoms with Gasteiger partial charge in [-0.3, -0.25) is 14.9 Å². The molecule has 0 aliphatic carbocycles. The Bertz CT molecular complexity index is 508. The molecule has 20 heavy (non-hydrogen) atoms. The van der Waals surface area contributed by atoms with E-state index in [2.05, 4.69) is 10.6 Å². The average molecular weight is 322 g/mol. The first-order valence-electron chi connectivity index (χ1n) is 5.91. The van der Waals surface area contributed by atoms with Gasteiger partial charge in [0, 0.05) is 31.6 Å². The fraction of sp³-hybridized carbons (Fsp3) is 0.545. The van der Waals surface area contributed by atoms with Crippen molar-refractivity contribution in [2.75, 3.05) is 19.6 Å². The molecule has 9 heteroatoms. The zero-order chi connectivity index (χ0) is 14.0. The molecule has 1 aliphatic heterocycles. The van der Waals surface area contributed by atoms with E-state index in [0.29, 0.717) is 29.4 Å². The number of aliphatic hydroxyl groups is 1. The number of carbonyl (C=O) groups excluding carboxylic acids is 1. The largest absolute Gasteiger partial charge is 0.391 e. The predicted octanol–water partition coefficient (Wildman–Crippen LogP) is 0.697. The van der Waals surface area contributed by atoms with Crippen LogP contribution >= 0.6 is 23.7 Å². The van der Waals surface area contributed by atoms with E-state index < -0.39 is 11.0 Å². The normalized spacial score (nSPS) is 21.3. The van der Waals surface area contributed by atoms with Gasteiger partial charge in [-0.15, -0.1) is 23.7 Å². The van der Waals surface area contributed by atoms with Gasteiger partial charge in [0.25, 0.3) is 11.6 Å². The Labute approximate surface area is 125 Å². The molecule has 2 heterocycles. The third-order valence-corrected chi connectivity index (χ3v) is 4.18. The molecule has 1 aliphatic rings. The van der Waals surface area contributed by atoms with Crippen molar-refractivity contribution >= 4 is 35.3 Å². The van der Waals surface area contributed by atoms with Gasteiger partial charge in [0.15, 0.2) is 0 Å². The number of rotatable bonds is 4. The number of halogens is 1. The number of hydrogen-bond acceptors (Lipinski definition) is 6. The van der Waals surface area contributed by atoms with Crippen LogP contribution in [0.1, 0.15) is 14.5 Å². The van der Waals surface area contributed by atoms with Crippen molar-refractivity contribution in [3.63, 3.8) is 0 Å². The highest BCUT2D eigenvalue weighted by Crippen LogP contribution is 2.27. The zero-order valence-corrected chi connectivity index (χ0v) is 12.4. The van der Waals surface area contributed by atoms with Crippen LogP contribution in [0.25, 0.3) is 0 Å². The molecule has 2 atom stereocenters. The quantitative estimate of drug-likeness (QED) is 0.559. The SMILES string of the molecule is Cc1sc(C(=O)NCC2CNCC2O)cc1[N+](=O)[O-].Cl. The summed E-state index contributed by atoms with van der Waals surface area (Å²) in [5, 5.41) is 26.0. The van der Waals surface area contributed by atoms with Crippen LogP contribution < -0.4 is 10.6 Å². The van der Waals surface area contributed by atoms with E-state index in [1.807, 2.05) is 0 Å². The summed E-state index contributed by atoms with van der Waals surface area (Å²) in [5.74, 6) is -0.347. The molecule has 1 saturated heterocycles. The van der Waals surface area contributed by atoms with Gasteiger partial charge in [-0.05, 0) is 6.92 Å². The number of aliphatic hydroxyl groups excluding tert-OH is 1. The molecule has 0 saturated carbocycles. The first-order chi connectivity index (χ1) is 8.99. The Hall–Kier alpha value is -1.22. The second-order valence-corrected chi connectivity index (χ2v) is 5.76. The molecule has 0 radical (unpaired) electrons. The topological polar surface area (TPSA) is 104 Å². The van der Waals surface area contributed by atoms with Crippen molar-refractivity contribution in [2.24, 2.45) is 5.92 Å². The number of nitrogens with one attached hydrogen (secondary N) is 2. The van der Waals surface area contributed by atoms with E-state index in [4.69, 9.17) is 0 Å². The molecular weight excluding hydrogens is 306 g/mol. The van der Waals surface area contributed by atoms with Crippen LogP contribution in [-0.2, 0) is 0 Å². The zero-order valence-electron chi connectivity index (χ0n) is 10.8. The van der Waals surface area contributed by atoms with Crippen LogP contribution in [-0.4, -0.2) is 41.7 Å². The second-order valence-electron chi connectivity index (χ2n) is 4.50. The molecule has 0 bridgehead atoms. The number of amides is 1. The molecule has 2 rings (SSSR count). The van der Waals surface area contributed by atoms with Crippen molar-refractivity contribution in [1.82, 2.24) is 10.6 Å². The minimum Gasteiger partial charge on any atom is -0.391 e. The summed E-state index contributed by atoms with van der Waals surface area (Å²) < 4.78 is 0. The van der Waals surface area contributed by atoms with E-state index in [1.54, 1.807) is 6.92 Å². The average Bonchev–Trinajstić information content (AvgIpc) is 2.92. The first kappa shape index (κ1) is 16.8. The van der Waals surface area contributed by atoms with Crippen LogP contribution in [0.5, 0.6) is 0 Å². The highest BCUT2D eigenvalue weighted by atomic mass is 35.5. The van der Waals surface area contributed by atoms with Gasteiger partial charge in [-0.1, -0.05) is 0 Å². The van der Waals surface area contributed by atoms with E-state index in [-0.39, 0.29) is 29.9 Å². The lowest BCUT2D eigenvalue weighted by molar-refractivity contribution is -0.385. The number of nitrogens with zero attached hydrogens (tertiary/aromatic N) is 1. The first-order valence-corrected chi connectivity index (χ1v) is 6.72. The lowest BCUT2D eigenvalue weighted by Crippen LogP contribution is -2.34. The van der Waals surface area contributed by atoms with Gasteiger partial charge in [0.2, 0.25) is 0 Å². The highest BCUT2D eigenvalue weighted by molar-refractivity contribution is 7.14. The summed E-state index contributed by atoms with van der Waals surface area (Å²) in [5.41, 5.74) is -0.0299. The van der Waals surface area contributed by atoms with E-state index in [9.17, 15) is 20.0 Å². The highest BCUT2D eigenvalue weighted by Gasteiger charge is 2.26. The number of β-amino-alcohol motifs (C(OH)–C–C–N with tert-alkyl or cyclic N) is 1. The summed E-state index contributed by atoms with van der Waals surface area (Å²) in [7, 11) is 0. The minimum atomic E-state index is -0.493. The second kappa shape index (κ2) is 6.98. The molecule has 112 valence electrons.